The Morgan fingerprint density at radius 1 is 1.23 bits per heavy atom. The van der Waals surface area contributed by atoms with Gasteiger partial charge < -0.3 is 9.84 Å². The number of nitro benzene ring substituents is 1. The number of aromatic carboxylic acids is 1. The largest absolute Gasteiger partial charge is 0.490 e. The van der Waals surface area contributed by atoms with Crippen molar-refractivity contribution >= 4 is 27.4 Å². The van der Waals surface area contributed by atoms with Gasteiger partial charge in [0.2, 0.25) is 0 Å². The molecule has 0 aliphatic rings. The van der Waals surface area contributed by atoms with Crippen LogP contribution in [0.5, 0.6) is 5.75 Å². The first-order chi connectivity index (χ1) is 12.1. The zero-order valence-electron chi connectivity index (χ0n) is 12.9. The fourth-order valence-electron chi connectivity index (χ4n) is 1.97. The van der Waals surface area contributed by atoms with Gasteiger partial charge in [0, 0.05) is 12.1 Å². The maximum atomic E-state index is 13.8. The Hall–Kier alpha value is -3.28. The van der Waals surface area contributed by atoms with Gasteiger partial charge in [0.05, 0.1) is 28.2 Å². The van der Waals surface area contributed by atoms with Crippen molar-refractivity contribution in [3.05, 3.63) is 57.6 Å². The Morgan fingerprint density at radius 3 is 2.42 bits per heavy atom. The second-order valence-electron chi connectivity index (χ2n) is 4.81. The molecule has 12 heteroatoms. The van der Waals surface area contributed by atoms with Crippen molar-refractivity contribution in [2.45, 2.75) is 4.90 Å². The molecule has 0 aliphatic heterocycles. The van der Waals surface area contributed by atoms with Crippen LogP contribution in [0.15, 0.2) is 35.2 Å². The highest BCUT2D eigenvalue weighted by Gasteiger charge is 2.24. The lowest BCUT2D eigenvalue weighted by Crippen LogP contribution is -2.15. The molecule has 0 radical (unpaired) electrons. The maximum Gasteiger partial charge on any atom is 0.338 e. The first-order valence-electron chi connectivity index (χ1n) is 6.64. The molecule has 9 nitrogen and oxygen atoms in total. The molecule has 0 spiro atoms. The Kier molecular flexibility index (Phi) is 5.07. The third-order valence-electron chi connectivity index (χ3n) is 3.19. The van der Waals surface area contributed by atoms with E-state index in [0.29, 0.717) is 12.1 Å². The van der Waals surface area contributed by atoms with E-state index in [1.54, 1.807) is 4.72 Å². The van der Waals surface area contributed by atoms with Gasteiger partial charge >= 0.3 is 11.7 Å². The molecule has 0 unspecified atom stereocenters. The van der Waals surface area contributed by atoms with E-state index in [9.17, 15) is 32.1 Å². The Balaban J connectivity index is 2.50. The summed E-state index contributed by atoms with van der Waals surface area (Å²) in [5.74, 6) is -4.68. The summed E-state index contributed by atoms with van der Waals surface area (Å²) in [6.45, 7) is 0. The number of hydrogen-bond acceptors (Lipinski definition) is 6. The van der Waals surface area contributed by atoms with Crippen LogP contribution in [0.25, 0.3) is 0 Å². The smallest absolute Gasteiger partial charge is 0.338 e. The van der Waals surface area contributed by atoms with Crippen LogP contribution < -0.4 is 9.46 Å². The number of nitrogens with zero attached hydrogens (tertiary/aromatic N) is 1. The number of methoxy groups -OCH3 is 1. The van der Waals surface area contributed by atoms with Gasteiger partial charge in [-0.3, -0.25) is 14.8 Å². The molecular weight excluding hydrogens is 378 g/mol. The predicted octanol–water partition coefficient (Wildman–Crippen LogP) is 2.38. The van der Waals surface area contributed by atoms with E-state index < -0.39 is 54.4 Å². The number of sulfonamides is 1. The van der Waals surface area contributed by atoms with E-state index in [-0.39, 0.29) is 11.8 Å². The van der Waals surface area contributed by atoms with Crippen molar-refractivity contribution in [1.82, 2.24) is 0 Å². The summed E-state index contributed by atoms with van der Waals surface area (Å²) >= 11 is 0. The van der Waals surface area contributed by atoms with E-state index in [1.807, 2.05) is 0 Å². The highest BCUT2D eigenvalue weighted by Crippen LogP contribution is 2.30. The van der Waals surface area contributed by atoms with Gasteiger partial charge in [-0.15, -0.1) is 0 Å². The number of nitro groups is 1. The van der Waals surface area contributed by atoms with Gasteiger partial charge in [-0.1, -0.05) is 0 Å². The molecule has 2 N–H and O–H groups in total. The van der Waals surface area contributed by atoms with Crippen molar-refractivity contribution in [2.75, 3.05) is 11.8 Å². The molecule has 138 valence electrons. The van der Waals surface area contributed by atoms with E-state index >= 15 is 0 Å². The summed E-state index contributed by atoms with van der Waals surface area (Å²) in [7, 11) is -3.39. The van der Waals surface area contributed by atoms with E-state index in [2.05, 4.69) is 0 Å². The number of nitrogens with one attached hydrogen (secondary N) is 1. The average molecular weight is 388 g/mol. The number of ether oxygens (including phenoxy) is 1. The Bertz CT molecular complexity index is 1010. The molecule has 0 aliphatic carbocycles. The van der Waals surface area contributed by atoms with Crippen LogP contribution in [0.4, 0.5) is 20.2 Å². The van der Waals surface area contributed by atoms with Gasteiger partial charge in [-0.05, 0) is 18.2 Å². The Labute approximate surface area is 145 Å². The van der Waals surface area contributed by atoms with Crippen LogP contribution in [-0.2, 0) is 10.0 Å². The minimum atomic E-state index is -4.54. The summed E-state index contributed by atoms with van der Waals surface area (Å²) < 4.78 is 58.3. The van der Waals surface area contributed by atoms with Crippen LogP contribution in [0, 0.1) is 21.7 Å². The van der Waals surface area contributed by atoms with Crippen LogP contribution >= 0.6 is 0 Å². The molecular formula is C14H10F2N2O7S. The number of carboxylic acids is 1. The summed E-state index contributed by atoms with van der Waals surface area (Å²) in [5, 5.41) is 19.8. The van der Waals surface area contributed by atoms with Crippen LogP contribution in [-0.4, -0.2) is 31.5 Å². The number of carboxylic acid groups (broad SMARTS) is 1. The third-order valence-corrected chi connectivity index (χ3v) is 4.55. The number of carbonyl (C=O) groups is 1. The zero-order valence-corrected chi connectivity index (χ0v) is 13.7. The normalized spacial score (nSPS) is 11.0. The molecule has 26 heavy (non-hydrogen) atoms. The van der Waals surface area contributed by atoms with Crippen LogP contribution in [0.3, 0.4) is 0 Å². The average Bonchev–Trinajstić information content (AvgIpc) is 2.56. The van der Waals surface area contributed by atoms with Gasteiger partial charge in [0.15, 0.2) is 5.75 Å². The van der Waals surface area contributed by atoms with E-state index in [4.69, 9.17) is 9.84 Å². The number of hydrogen-bond donors (Lipinski definition) is 2. The predicted molar refractivity (Wildman–Crippen MR) is 83.8 cm³/mol. The minimum Gasteiger partial charge on any atom is -0.490 e. The maximum absolute atomic E-state index is 13.8. The molecule has 2 rings (SSSR count). The summed E-state index contributed by atoms with van der Waals surface area (Å²) in [5.41, 5.74) is -2.44. The van der Waals surface area contributed by atoms with Crippen LogP contribution in [0.1, 0.15) is 10.4 Å². The molecule has 0 aromatic heterocycles. The molecule has 0 saturated heterocycles. The SMILES string of the molecule is COc1ccc(S(=O)(=O)Nc2cc(C(=O)O)c(F)cc2F)cc1[N+](=O)[O-]. The number of benzene rings is 2. The minimum absolute atomic E-state index is 0.199. The van der Waals surface area contributed by atoms with E-state index in [0.717, 1.165) is 19.2 Å². The topological polar surface area (TPSA) is 136 Å². The first kappa shape index (κ1) is 19.1. The van der Waals surface area contributed by atoms with Crippen molar-refractivity contribution < 1.29 is 36.8 Å². The standard InChI is InChI=1S/C14H10F2N2O7S/c1-25-13-3-2-7(4-12(13)18(21)22)26(23,24)17-11-5-8(14(19)20)9(15)6-10(11)16/h2-6,17H,1H3,(H,19,20). The van der Waals surface area contributed by atoms with Crippen molar-refractivity contribution in [1.29, 1.82) is 0 Å². The number of halogens is 2. The van der Waals surface area contributed by atoms with Gasteiger partial charge in [-0.25, -0.2) is 22.0 Å². The Morgan fingerprint density at radius 2 is 1.88 bits per heavy atom. The number of anilines is 1. The number of rotatable bonds is 6. The van der Waals surface area contributed by atoms with Crippen molar-refractivity contribution in [2.24, 2.45) is 0 Å². The highest BCUT2D eigenvalue weighted by molar-refractivity contribution is 7.92. The zero-order chi connectivity index (χ0) is 19.6. The lowest BCUT2D eigenvalue weighted by molar-refractivity contribution is -0.386. The lowest BCUT2D eigenvalue weighted by atomic mass is 10.2. The van der Waals surface area contributed by atoms with Gasteiger partial charge in [-0.2, -0.15) is 0 Å². The summed E-state index contributed by atoms with van der Waals surface area (Å²) in [6, 6.07) is 3.34. The lowest BCUT2D eigenvalue weighted by Gasteiger charge is -2.11. The first-order valence-corrected chi connectivity index (χ1v) is 8.12. The molecule has 0 amide bonds. The molecule has 2 aromatic rings. The molecule has 0 heterocycles. The third kappa shape index (κ3) is 3.69. The van der Waals surface area contributed by atoms with Gasteiger partial charge in [0.25, 0.3) is 10.0 Å². The molecule has 0 saturated carbocycles. The second-order valence-corrected chi connectivity index (χ2v) is 6.50. The summed E-state index contributed by atoms with van der Waals surface area (Å²) in [4.78, 5) is 20.4. The monoisotopic (exact) mass is 388 g/mol. The van der Waals surface area contributed by atoms with E-state index in [1.165, 1.54) is 0 Å². The fourth-order valence-corrected chi connectivity index (χ4v) is 3.05. The second kappa shape index (κ2) is 6.92. The quantitative estimate of drug-likeness (QED) is 0.573. The van der Waals surface area contributed by atoms with Crippen molar-refractivity contribution in [3.63, 3.8) is 0 Å². The van der Waals surface area contributed by atoms with Gasteiger partial charge in [0.1, 0.15) is 11.6 Å². The molecule has 2 aromatic carbocycles. The molecule has 0 bridgehead atoms. The van der Waals surface area contributed by atoms with Crippen LogP contribution in [0.2, 0.25) is 0 Å². The molecule has 0 fully saturated rings. The summed E-state index contributed by atoms with van der Waals surface area (Å²) in [6.07, 6.45) is 0. The van der Waals surface area contributed by atoms with Crippen molar-refractivity contribution in [3.8, 4) is 5.75 Å². The fraction of sp³-hybridized carbons (Fsp3) is 0.0714. The highest BCUT2D eigenvalue weighted by atomic mass is 32.2. The molecule has 0 atom stereocenters.